The first-order valence-corrected chi connectivity index (χ1v) is 6.36. The van der Waals surface area contributed by atoms with Crippen molar-refractivity contribution in [1.82, 2.24) is 0 Å². The number of aromatic hydroxyl groups is 1. The van der Waals surface area contributed by atoms with Gasteiger partial charge in [-0.3, -0.25) is 4.79 Å². The second-order valence-electron chi connectivity index (χ2n) is 3.53. The number of esters is 1. The third-order valence-electron chi connectivity index (χ3n) is 2.21. The van der Waals surface area contributed by atoms with Gasteiger partial charge in [0.1, 0.15) is 11.5 Å². The molecule has 0 amide bonds. The highest BCUT2D eigenvalue weighted by atomic mass is 79.9. The van der Waals surface area contributed by atoms with Gasteiger partial charge in [-0.1, -0.05) is 0 Å². The van der Waals surface area contributed by atoms with E-state index in [0.29, 0.717) is 14.7 Å². The van der Waals surface area contributed by atoms with Crippen LogP contribution in [0.2, 0.25) is 0 Å². The van der Waals surface area contributed by atoms with Gasteiger partial charge in [-0.05, 0) is 66.9 Å². The summed E-state index contributed by atoms with van der Waals surface area (Å²) in [6.07, 6.45) is 0. The molecule has 0 saturated carbocycles. The summed E-state index contributed by atoms with van der Waals surface area (Å²) in [7, 11) is 0. The Labute approximate surface area is 115 Å². The molecular weight excluding hydrogens is 352 g/mol. The van der Waals surface area contributed by atoms with E-state index in [1.165, 1.54) is 6.92 Å². The van der Waals surface area contributed by atoms with Crippen molar-refractivity contribution >= 4 is 48.6 Å². The minimum atomic E-state index is -0.372. The number of rotatable bonds is 1. The number of ether oxygens (including phenoxy) is 1. The molecule has 0 saturated heterocycles. The molecule has 0 aliphatic heterocycles. The van der Waals surface area contributed by atoms with Gasteiger partial charge < -0.3 is 9.84 Å². The fourth-order valence-electron chi connectivity index (χ4n) is 1.49. The summed E-state index contributed by atoms with van der Waals surface area (Å²) >= 11 is 6.56. The molecule has 3 nitrogen and oxygen atoms in total. The van der Waals surface area contributed by atoms with Crippen LogP contribution in [0.15, 0.2) is 33.2 Å². The van der Waals surface area contributed by atoms with E-state index in [9.17, 15) is 9.90 Å². The Morgan fingerprint density at radius 1 is 1.12 bits per heavy atom. The Morgan fingerprint density at radius 3 is 2.35 bits per heavy atom. The molecule has 1 N–H and O–H groups in total. The van der Waals surface area contributed by atoms with E-state index >= 15 is 0 Å². The second kappa shape index (κ2) is 4.66. The van der Waals surface area contributed by atoms with E-state index in [1.807, 2.05) is 0 Å². The van der Waals surface area contributed by atoms with Gasteiger partial charge in [-0.2, -0.15) is 0 Å². The third-order valence-corrected chi connectivity index (χ3v) is 3.47. The van der Waals surface area contributed by atoms with Gasteiger partial charge >= 0.3 is 5.97 Å². The summed E-state index contributed by atoms with van der Waals surface area (Å²) in [6.45, 7) is 1.35. The lowest BCUT2D eigenvalue weighted by atomic mass is 10.1. The first-order chi connectivity index (χ1) is 7.97. The molecule has 2 rings (SSSR count). The van der Waals surface area contributed by atoms with E-state index in [1.54, 1.807) is 24.3 Å². The molecule has 2 aromatic rings. The summed E-state index contributed by atoms with van der Waals surface area (Å²) in [5, 5.41) is 11.3. The largest absolute Gasteiger partial charge is 0.507 e. The quantitative estimate of drug-likeness (QED) is 0.618. The topological polar surface area (TPSA) is 46.5 Å². The summed E-state index contributed by atoms with van der Waals surface area (Å²) < 4.78 is 6.33. The van der Waals surface area contributed by atoms with Crippen LogP contribution >= 0.6 is 31.9 Å². The molecule has 2 aromatic carbocycles. The number of fused-ring (bicyclic) bond motifs is 1. The van der Waals surface area contributed by atoms with Crippen LogP contribution in [0.25, 0.3) is 10.8 Å². The van der Waals surface area contributed by atoms with Crippen molar-refractivity contribution in [1.29, 1.82) is 0 Å². The lowest BCUT2D eigenvalue weighted by Gasteiger charge is -2.07. The van der Waals surface area contributed by atoms with E-state index in [4.69, 9.17) is 4.74 Å². The minimum Gasteiger partial charge on any atom is -0.507 e. The number of halogens is 2. The number of hydrogen-bond donors (Lipinski definition) is 1. The molecule has 0 radical (unpaired) electrons. The van der Waals surface area contributed by atoms with Gasteiger partial charge in [-0.25, -0.2) is 0 Å². The Morgan fingerprint density at radius 2 is 1.71 bits per heavy atom. The summed E-state index contributed by atoms with van der Waals surface area (Å²) in [5.74, 6) is 0.259. The van der Waals surface area contributed by atoms with E-state index in [2.05, 4.69) is 31.9 Å². The van der Waals surface area contributed by atoms with Crippen LogP contribution in [-0.2, 0) is 4.79 Å². The Kier molecular flexibility index (Phi) is 3.40. The van der Waals surface area contributed by atoms with Gasteiger partial charge in [0.2, 0.25) is 0 Å². The molecule has 0 aliphatic carbocycles. The molecule has 0 heterocycles. The number of carbonyl (C=O) groups excluding carboxylic acids is 1. The maximum absolute atomic E-state index is 10.9. The highest BCUT2D eigenvalue weighted by Gasteiger charge is 2.08. The van der Waals surface area contributed by atoms with E-state index < -0.39 is 0 Å². The van der Waals surface area contributed by atoms with Crippen molar-refractivity contribution in [3.8, 4) is 11.5 Å². The normalized spacial score (nSPS) is 10.5. The van der Waals surface area contributed by atoms with Crippen molar-refractivity contribution < 1.29 is 14.6 Å². The highest BCUT2D eigenvalue weighted by Crippen LogP contribution is 2.35. The molecular formula is C12H8Br2O3. The molecule has 5 heteroatoms. The van der Waals surface area contributed by atoms with Gasteiger partial charge in [0.05, 0.1) is 8.95 Å². The Bertz CT molecular complexity index is 608. The predicted molar refractivity (Wildman–Crippen MR) is 72.3 cm³/mol. The summed E-state index contributed by atoms with van der Waals surface area (Å²) in [6, 6.07) is 6.94. The Balaban J connectivity index is 2.63. The monoisotopic (exact) mass is 358 g/mol. The Hall–Kier alpha value is -1.07. The third kappa shape index (κ3) is 2.61. The molecule has 0 bridgehead atoms. The van der Waals surface area contributed by atoms with Crippen molar-refractivity contribution in [3.63, 3.8) is 0 Å². The van der Waals surface area contributed by atoms with Gasteiger partial charge in [0, 0.05) is 6.92 Å². The summed E-state index contributed by atoms with van der Waals surface area (Å²) in [5.41, 5.74) is 0. The van der Waals surface area contributed by atoms with Gasteiger partial charge in [0.25, 0.3) is 0 Å². The second-order valence-corrected chi connectivity index (χ2v) is 5.24. The van der Waals surface area contributed by atoms with Crippen LogP contribution in [0.3, 0.4) is 0 Å². The summed E-state index contributed by atoms with van der Waals surface area (Å²) in [4.78, 5) is 10.9. The first-order valence-electron chi connectivity index (χ1n) is 4.77. The van der Waals surface area contributed by atoms with E-state index in [0.717, 1.165) is 10.8 Å². The molecule has 0 atom stereocenters. The fraction of sp³-hybridized carbons (Fsp3) is 0.0833. The van der Waals surface area contributed by atoms with Crippen LogP contribution in [0.1, 0.15) is 6.92 Å². The van der Waals surface area contributed by atoms with Crippen molar-refractivity contribution in [2.45, 2.75) is 6.92 Å². The molecule has 88 valence electrons. The zero-order valence-corrected chi connectivity index (χ0v) is 12.0. The maximum Gasteiger partial charge on any atom is 0.308 e. The fourth-order valence-corrected chi connectivity index (χ4v) is 2.30. The number of phenols is 1. The van der Waals surface area contributed by atoms with Crippen LogP contribution in [0.5, 0.6) is 11.5 Å². The SMILES string of the molecule is CC(=O)Oc1cc2cc(Br)c(O)cc2cc1Br. The molecule has 0 unspecified atom stereocenters. The molecule has 0 spiro atoms. The number of phenolic OH excluding ortho intramolecular Hbond substituents is 1. The van der Waals surface area contributed by atoms with Crippen LogP contribution in [0.4, 0.5) is 0 Å². The maximum atomic E-state index is 10.9. The predicted octanol–water partition coefficient (Wildman–Crippen LogP) is 4.00. The van der Waals surface area contributed by atoms with Crippen LogP contribution in [-0.4, -0.2) is 11.1 Å². The average Bonchev–Trinajstić information content (AvgIpc) is 2.22. The van der Waals surface area contributed by atoms with Crippen molar-refractivity contribution in [2.24, 2.45) is 0 Å². The first kappa shape index (κ1) is 12.4. The lowest BCUT2D eigenvalue weighted by molar-refractivity contribution is -0.131. The number of benzene rings is 2. The van der Waals surface area contributed by atoms with Gasteiger partial charge in [0.15, 0.2) is 0 Å². The molecule has 0 aliphatic rings. The molecule has 0 fully saturated rings. The minimum absolute atomic E-state index is 0.171. The molecule has 0 aromatic heterocycles. The standard InChI is InChI=1S/C12H8Br2O3/c1-6(15)17-12-5-8-2-9(13)11(16)4-7(8)3-10(12)14/h2-5,16H,1H3. The highest BCUT2D eigenvalue weighted by molar-refractivity contribution is 9.11. The van der Waals surface area contributed by atoms with Crippen LogP contribution in [0, 0.1) is 0 Å². The lowest BCUT2D eigenvalue weighted by Crippen LogP contribution is -2.01. The van der Waals surface area contributed by atoms with Gasteiger partial charge in [-0.15, -0.1) is 0 Å². The van der Waals surface area contributed by atoms with E-state index in [-0.39, 0.29) is 11.7 Å². The van der Waals surface area contributed by atoms with Crippen molar-refractivity contribution in [2.75, 3.05) is 0 Å². The average molecular weight is 360 g/mol. The van der Waals surface area contributed by atoms with Crippen LogP contribution < -0.4 is 4.74 Å². The number of hydrogen-bond acceptors (Lipinski definition) is 3. The zero-order valence-electron chi connectivity index (χ0n) is 8.83. The molecule has 17 heavy (non-hydrogen) atoms. The smallest absolute Gasteiger partial charge is 0.308 e. The number of carbonyl (C=O) groups is 1. The zero-order chi connectivity index (χ0) is 12.6. The van der Waals surface area contributed by atoms with Crippen molar-refractivity contribution in [3.05, 3.63) is 33.2 Å².